The van der Waals surface area contributed by atoms with Gasteiger partial charge in [0.15, 0.2) is 17.3 Å². The normalized spacial score (nSPS) is 28.2. The Labute approximate surface area is 163 Å². The van der Waals surface area contributed by atoms with E-state index < -0.39 is 11.6 Å². The number of allylic oxidation sites excluding steroid dienone is 2. The van der Waals surface area contributed by atoms with E-state index in [-0.39, 0.29) is 12.4 Å². The minimum absolute atomic E-state index is 0.0617. The van der Waals surface area contributed by atoms with Crippen molar-refractivity contribution in [1.82, 2.24) is 16.0 Å². The van der Waals surface area contributed by atoms with Crippen LogP contribution in [-0.4, -0.2) is 32.3 Å². The first kappa shape index (κ1) is 18.8. The minimum Gasteiger partial charge on any atom is -0.454 e. The Morgan fingerprint density at radius 3 is 2.93 bits per heavy atom. The van der Waals surface area contributed by atoms with Crippen LogP contribution in [0.15, 0.2) is 28.9 Å². The SMILES string of the molecule is CN=C1C=C(C)NC(N)(c2cc3c(c(C4=CCN[C@@H](C)CC4)c2F)OCO3)N1. The number of nitrogens with one attached hydrogen (secondary N) is 3. The molecule has 0 spiro atoms. The lowest BCUT2D eigenvalue weighted by molar-refractivity contribution is 0.173. The molecule has 1 aromatic rings. The van der Waals surface area contributed by atoms with E-state index in [1.54, 1.807) is 13.1 Å². The maximum Gasteiger partial charge on any atom is 0.231 e. The summed E-state index contributed by atoms with van der Waals surface area (Å²) in [6.07, 6.45) is 5.48. The lowest BCUT2D eigenvalue weighted by Gasteiger charge is -2.37. The summed E-state index contributed by atoms with van der Waals surface area (Å²) in [6, 6.07) is 1.97. The molecule has 7 nitrogen and oxygen atoms in total. The van der Waals surface area contributed by atoms with Gasteiger partial charge in [-0.05, 0) is 44.4 Å². The molecule has 0 fully saturated rings. The average Bonchev–Trinajstić information content (AvgIpc) is 3.01. The molecule has 28 heavy (non-hydrogen) atoms. The van der Waals surface area contributed by atoms with E-state index in [2.05, 4.69) is 27.9 Å². The first-order valence-corrected chi connectivity index (χ1v) is 9.47. The molecule has 0 radical (unpaired) electrons. The standard InChI is InChI=1S/C20H26FN5O2/c1-11-4-5-13(6-7-24-11)17-18(21)14(9-15-19(17)28-10-27-15)20(22)25-12(2)8-16(23-3)26-20/h6,8-9,11,24-25H,4-5,7,10,22H2,1-3H3,(H,23,26)/t11-,20?/m0/s1. The smallest absolute Gasteiger partial charge is 0.231 e. The van der Waals surface area contributed by atoms with Crippen molar-refractivity contribution in [3.05, 3.63) is 40.9 Å². The molecule has 0 aliphatic carbocycles. The van der Waals surface area contributed by atoms with E-state index in [1.807, 2.05) is 19.1 Å². The Morgan fingerprint density at radius 1 is 1.32 bits per heavy atom. The fourth-order valence-corrected chi connectivity index (χ4v) is 3.86. The largest absolute Gasteiger partial charge is 0.454 e. The molecule has 0 saturated heterocycles. The number of nitrogens with zero attached hydrogens (tertiary/aromatic N) is 1. The lowest BCUT2D eigenvalue weighted by Crippen LogP contribution is -2.64. The highest BCUT2D eigenvalue weighted by molar-refractivity contribution is 5.95. The quantitative estimate of drug-likeness (QED) is 0.620. The summed E-state index contributed by atoms with van der Waals surface area (Å²) in [5, 5.41) is 9.61. The molecule has 0 saturated carbocycles. The Morgan fingerprint density at radius 2 is 2.14 bits per heavy atom. The van der Waals surface area contributed by atoms with Crippen LogP contribution in [0.3, 0.4) is 0 Å². The molecule has 3 heterocycles. The number of ether oxygens (including phenoxy) is 2. The van der Waals surface area contributed by atoms with Crippen LogP contribution in [0.4, 0.5) is 4.39 Å². The van der Waals surface area contributed by atoms with Crippen molar-refractivity contribution in [3.63, 3.8) is 0 Å². The highest BCUT2D eigenvalue weighted by Gasteiger charge is 2.38. The number of rotatable bonds is 2. The highest BCUT2D eigenvalue weighted by atomic mass is 19.1. The molecule has 3 aliphatic rings. The van der Waals surface area contributed by atoms with Gasteiger partial charge >= 0.3 is 0 Å². The van der Waals surface area contributed by atoms with Crippen LogP contribution < -0.4 is 31.2 Å². The van der Waals surface area contributed by atoms with Gasteiger partial charge in [-0.15, -0.1) is 0 Å². The number of fused-ring (bicyclic) bond motifs is 1. The monoisotopic (exact) mass is 387 g/mol. The van der Waals surface area contributed by atoms with E-state index in [0.717, 1.165) is 24.1 Å². The summed E-state index contributed by atoms with van der Waals surface area (Å²) in [7, 11) is 1.66. The van der Waals surface area contributed by atoms with Gasteiger partial charge in [0.1, 0.15) is 11.7 Å². The summed E-state index contributed by atoms with van der Waals surface area (Å²) >= 11 is 0. The first-order chi connectivity index (χ1) is 13.4. The van der Waals surface area contributed by atoms with Gasteiger partial charge in [-0.2, -0.15) is 0 Å². The van der Waals surface area contributed by atoms with Crippen LogP contribution in [0.25, 0.3) is 5.57 Å². The van der Waals surface area contributed by atoms with E-state index >= 15 is 4.39 Å². The zero-order valence-corrected chi connectivity index (χ0v) is 16.4. The third-order valence-corrected chi connectivity index (χ3v) is 5.32. The molecule has 8 heteroatoms. The minimum atomic E-state index is -1.36. The molecule has 1 unspecified atom stereocenters. The third-order valence-electron chi connectivity index (χ3n) is 5.32. The number of aliphatic imine (C=N–C) groups is 1. The highest BCUT2D eigenvalue weighted by Crippen LogP contribution is 2.45. The van der Waals surface area contributed by atoms with Gasteiger partial charge in [0, 0.05) is 25.3 Å². The van der Waals surface area contributed by atoms with Crippen molar-refractivity contribution in [2.45, 2.75) is 38.5 Å². The molecular formula is C20H26FN5O2. The van der Waals surface area contributed by atoms with E-state index in [9.17, 15) is 0 Å². The van der Waals surface area contributed by atoms with Gasteiger partial charge in [-0.25, -0.2) is 4.39 Å². The zero-order chi connectivity index (χ0) is 19.9. The van der Waals surface area contributed by atoms with E-state index in [4.69, 9.17) is 15.2 Å². The second-order valence-corrected chi connectivity index (χ2v) is 7.42. The Balaban J connectivity index is 1.84. The summed E-state index contributed by atoms with van der Waals surface area (Å²) in [5.41, 5.74) is 8.94. The van der Waals surface area contributed by atoms with Gasteiger partial charge in [-0.1, -0.05) is 6.08 Å². The summed E-state index contributed by atoms with van der Waals surface area (Å²) in [5.74, 6) is -0.266. The fraction of sp³-hybridized carbons (Fsp3) is 0.450. The Kier molecular flexibility index (Phi) is 4.76. The van der Waals surface area contributed by atoms with Crippen LogP contribution in [0.1, 0.15) is 37.8 Å². The van der Waals surface area contributed by atoms with Crippen LogP contribution in [-0.2, 0) is 5.79 Å². The second-order valence-electron chi connectivity index (χ2n) is 7.42. The molecule has 2 atom stereocenters. The maximum atomic E-state index is 15.9. The van der Waals surface area contributed by atoms with Crippen LogP contribution in [0.2, 0.25) is 0 Å². The van der Waals surface area contributed by atoms with Crippen molar-refractivity contribution in [2.75, 3.05) is 20.4 Å². The zero-order valence-electron chi connectivity index (χ0n) is 16.4. The van der Waals surface area contributed by atoms with Gasteiger partial charge < -0.3 is 25.4 Å². The number of hydrogen-bond donors (Lipinski definition) is 4. The Bertz CT molecular complexity index is 895. The van der Waals surface area contributed by atoms with Crippen molar-refractivity contribution >= 4 is 11.4 Å². The lowest BCUT2D eigenvalue weighted by atomic mass is 9.93. The number of benzene rings is 1. The molecule has 0 aromatic heterocycles. The van der Waals surface area contributed by atoms with Crippen molar-refractivity contribution in [1.29, 1.82) is 0 Å². The number of halogens is 1. The number of nitrogens with two attached hydrogens (primary N) is 1. The fourth-order valence-electron chi connectivity index (χ4n) is 3.86. The third kappa shape index (κ3) is 3.22. The molecule has 4 rings (SSSR count). The van der Waals surface area contributed by atoms with Crippen LogP contribution >= 0.6 is 0 Å². The maximum absolute atomic E-state index is 15.9. The summed E-state index contributed by atoms with van der Waals surface area (Å²) in [6.45, 7) is 4.72. The molecule has 0 amide bonds. The second kappa shape index (κ2) is 7.10. The van der Waals surface area contributed by atoms with Gasteiger partial charge in [-0.3, -0.25) is 10.7 Å². The predicted octanol–water partition coefficient (Wildman–Crippen LogP) is 1.90. The number of hydrogen-bond acceptors (Lipinski definition) is 6. The predicted molar refractivity (Wildman–Crippen MR) is 106 cm³/mol. The van der Waals surface area contributed by atoms with Gasteiger partial charge in [0.2, 0.25) is 6.79 Å². The molecule has 5 N–H and O–H groups in total. The molecular weight excluding hydrogens is 361 g/mol. The topological polar surface area (TPSA) is 92.9 Å². The Hall–Kier alpha value is -2.58. The van der Waals surface area contributed by atoms with Crippen molar-refractivity contribution < 1.29 is 13.9 Å². The van der Waals surface area contributed by atoms with Crippen LogP contribution in [0, 0.1) is 5.82 Å². The van der Waals surface area contributed by atoms with Crippen molar-refractivity contribution in [3.8, 4) is 11.5 Å². The van der Waals surface area contributed by atoms with Gasteiger partial charge in [0.05, 0.1) is 11.1 Å². The van der Waals surface area contributed by atoms with Crippen LogP contribution in [0.5, 0.6) is 11.5 Å². The average molecular weight is 387 g/mol. The molecule has 3 aliphatic heterocycles. The summed E-state index contributed by atoms with van der Waals surface area (Å²) in [4.78, 5) is 4.17. The molecule has 1 aromatic carbocycles. The van der Waals surface area contributed by atoms with Crippen molar-refractivity contribution in [2.24, 2.45) is 10.7 Å². The van der Waals surface area contributed by atoms with E-state index in [0.29, 0.717) is 35.5 Å². The summed E-state index contributed by atoms with van der Waals surface area (Å²) < 4.78 is 27.1. The van der Waals surface area contributed by atoms with E-state index in [1.165, 1.54) is 0 Å². The van der Waals surface area contributed by atoms with Gasteiger partial charge in [0.25, 0.3) is 0 Å². The molecule has 150 valence electrons. The first-order valence-electron chi connectivity index (χ1n) is 9.47. The number of amidine groups is 1. The molecule has 0 bridgehead atoms.